The van der Waals surface area contributed by atoms with Crippen LogP contribution in [-0.2, 0) is 9.53 Å². The highest BCUT2D eigenvalue weighted by Gasteiger charge is 2.36. The first-order valence-electron chi connectivity index (χ1n) is 7.55. The van der Waals surface area contributed by atoms with Crippen LogP contribution in [0.2, 0.25) is 5.02 Å². The maximum absolute atomic E-state index is 12.4. The molecule has 0 fully saturated rings. The fraction of sp³-hybridized carbons (Fsp3) is 0.111. The van der Waals surface area contributed by atoms with E-state index in [-0.39, 0.29) is 22.4 Å². The molecule has 8 heteroatoms. The average molecular weight is 373 g/mol. The van der Waals surface area contributed by atoms with Crippen LogP contribution in [0.4, 0.5) is 5.69 Å². The van der Waals surface area contributed by atoms with Crippen LogP contribution in [0.3, 0.4) is 0 Å². The molecule has 0 aromatic heterocycles. The largest absolute Gasteiger partial charge is 0.465 e. The van der Waals surface area contributed by atoms with Crippen molar-refractivity contribution >= 4 is 41.0 Å². The number of nitrogens with zero attached hydrogens (tertiary/aromatic N) is 1. The number of para-hydroxylation sites is 1. The molecular formula is C18H13ClN2O5. The normalized spacial score (nSPS) is 12.8. The Bertz CT molecular complexity index is 941. The van der Waals surface area contributed by atoms with Crippen LogP contribution >= 0.6 is 11.6 Å². The number of carbonyl (C=O) groups excluding carboxylic acids is 4. The third-order valence-corrected chi connectivity index (χ3v) is 4.08. The van der Waals surface area contributed by atoms with Gasteiger partial charge in [0, 0.05) is 5.02 Å². The predicted molar refractivity (Wildman–Crippen MR) is 93.2 cm³/mol. The number of imide groups is 1. The minimum Gasteiger partial charge on any atom is -0.465 e. The highest BCUT2D eigenvalue weighted by atomic mass is 35.5. The number of halogens is 1. The third-order valence-electron chi connectivity index (χ3n) is 3.84. The van der Waals surface area contributed by atoms with Crippen molar-refractivity contribution in [3.63, 3.8) is 0 Å². The molecule has 1 heterocycles. The molecule has 0 unspecified atom stereocenters. The Labute approximate surface area is 153 Å². The van der Waals surface area contributed by atoms with Crippen molar-refractivity contribution in [2.45, 2.75) is 0 Å². The van der Waals surface area contributed by atoms with E-state index in [9.17, 15) is 19.2 Å². The first-order chi connectivity index (χ1) is 12.4. The summed E-state index contributed by atoms with van der Waals surface area (Å²) in [5, 5.41) is 2.84. The molecule has 7 nitrogen and oxygen atoms in total. The molecular weight excluding hydrogens is 360 g/mol. The minimum atomic E-state index is -0.623. The summed E-state index contributed by atoms with van der Waals surface area (Å²) < 4.78 is 4.66. The molecule has 1 N–H and O–H groups in total. The first kappa shape index (κ1) is 17.6. The number of ether oxygens (including phenoxy) is 1. The summed E-state index contributed by atoms with van der Waals surface area (Å²) in [7, 11) is 1.23. The lowest BCUT2D eigenvalue weighted by Crippen LogP contribution is -2.37. The van der Waals surface area contributed by atoms with E-state index in [0.717, 1.165) is 4.90 Å². The molecule has 0 spiro atoms. The fourth-order valence-corrected chi connectivity index (χ4v) is 2.79. The van der Waals surface area contributed by atoms with Gasteiger partial charge in [0.1, 0.15) is 6.54 Å². The van der Waals surface area contributed by atoms with E-state index in [0.29, 0.717) is 5.02 Å². The summed E-state index contributed by atoms with van der Waals surface area (Å²) >= 11 is 5.85. The van der Waals surface area contributed by atoms with Gasteiger partial charge in [0.2, 0.25) is 5.91 Å². The number of amides is 3. The molecule has 0 radical (unpaired) electrons. The van der Waals surface area contributed by atoms with Gasteiger partial charge in [0.25, 0.3) is 11.8 Å². The summed E-state index contributed by atoms with van der Waals surface area (Å²) in [6, 6.07) is 10.6. The SMILES string of the molecule is COC(=O)c1ccccc1NC(=O)CN1C(=O)c2ccc(Cl)cc2C1=O. The van der Waals surface area contributed by atoms with Gasteiger partial charge in [0.15, 0.2) is 0 Å². The number of methoxy groups -OCH3 is 1. The maximum Gasteiger partial charge on any atom is 0.339 e. The Morgan fingerprint density at radius 3 is 2.50 bits per heavy atom. The number of anilines is 1. The Morgan fingerprint density at radius 2 is 1.77 bits per heavy atom. The third kappa shape index (κ3) is 3.16. The predicted octanol–water partition coefficient (Wildman–Crippen LogP) is 2.36. The van der Waals surface area contributed by atoms with Gasteiger partial charge >= 0.3 is 5.97 Å². The van der Waals surface area contributed by atoms with Crippen molar-refractivity contribution in [3.05, 3.63) is 64.2 Å². The standard InChI is InChI=1S/C18H13ClN2O5/c1-26-18(25)12-4-2-3-5-14(12)20-15(22)9-21-16(23)11-7-6-10(19)8-13(11)17(21)24/h2-8H,9H2,1H3,(H,20,22). The van der Waals surface area contributed by atoms with Crippen LogP contribution in [0.25, 0.3) is 0 Å². The van der Waals surface area contributed by atoms with Crippen LogP contribution in [0.1, 0.15) is 31.1 Å². The summed E-state index contributed by atoms with van der Waals surface area (Å²) in [6.45, 7) is -0.487. The maximum atomic E-state index is 12.4. The van der Waals surface area contributed by atoms with Gasteiger partial charge in [0.05, 0.1) is 29.5 Å². The minimum absolute atomic E-state index is 0.158. The number of rotatable bonds is 4. The lowest BCUT2D eigenvalue weighted by atomic mass is 10.1. The summed E-state index contributed by atoms with van der Waals surface area (Å²) in [6.07, 6.45) is 0. The second-order valence-corrected chi connectivity index (χ2v) is 5.91. The molecule has 0 aliphatic carbocycles. The Kier molecular flexibility index (Phi) is 4.73. The highest BCUT2D eigenvalue weighted by molar-refractivity contribution is 6.32. The number of benzene rings is 2. The topological polar surface area (TPSA) is 92.8 Å². The van der Waals surface area contributed by atoms with Crippen molar-refractivity contribution in [2.75, 3.05) is 19.0 Å². The quantitative estimate of drug-likeness (QED) is 0.657. The van der Waals surface area contributed by atoms with E-state index in [2.05, 4.69) is 10.1 Å². The number of hydrogen-bond acceptors (Lipinski definition) is 5. The van der Waals surface area contributed by atoms with Crippen molar-refractivity contribution < 1.29 is 23.9 Å². The average Bonchev–Trinajstić information content (AvgIpc) is 2.86. The molecule has 0 saturated heterocycles. The van der Waals surface area contributed by atoms with E-state index in [1.54, 1.807) is 12.1 Å². The molecule has 3 amide bonds. The van der Waals surface area contributed by atoms with Gasteiger partial charge in [-0.25, -0.2) is 4.79 Å². The summed E-state index contributed by atoms with van der Waals surface area (Å²) in [5.41, 5.74) is 0.744. The molecule has 0 bridgehead atoms. The van der Waals surface area contributed by atoms with Crippen LogP contribution in [0.15, 0.2) is 42.5 Å². The Morgan fingerprint density at radius 1 is 1.08 bits per heavy atom. The lowest BCUT2D eigenvalue weighted by molar-refractivity contribution is -0.116. The smallest absolute Gasteiger partial charge is 0.339 e. The number of esters is 1. The molecule has 2 aromatic carbocycles. The van der Waals surface area contributed by atoms with E-state index in [1.165, 1.54) is 37.4 Å². The molecule has 2 aromatic rings. The van der Waals surface area contributed by atoms with Crippen LogP contribution < -0.4 is 5.32 Å². The van der Waals surface area contributed by atoms with Crippen molar-refractivity contribution in [2.24, 2.45) is 0 Å². The zero-order chi connectivity index (χ0) is 18.8. The van der Waals surface area contributed by atoms with E-state index in [1.807, 2.05) is 0 Å². The van der Waals surface area contributed by atoms with Gasteiger partial charge in [-0.2, -0.15) is 0 Å². The molecule has 0 saturated carbocycles. The van der Waals surface area contributed by atoms with Gasteiger partial charge in [-0.1, -0.05) is 23.7 Å². The lowest BCUT2D eigenvalue weighted by Gasteiger charge is -2.14. The number of fused-ring (bicyclic) bond motifs is 1. The second-order valence-electron chi connectivity index (χ2n) is 5.47. The van der Waals surface area contributed by atoms with Crippen molar-refractivity contribution in [1.82, 2.24) is 4.90 Å². The van der Waals surface area contributed by atoms with Crippen molar-refractivity contribution in [3.8, 4) is 0 Å². The highest BCUT2D eigenvalue weighted by Crippen LogP contribution is 2.26. The number of nitrogens with one attached hydrogen (secondary N) is 1. The van der Waals surface area contributed by atoms with Crippen molar-refractivity contribution in [1.29, 1.82) is 0 Å². The van der Waals surface area contributed by atoms with E-state index in [4.69, 9.17) is 11.6 Å². The van der Waals surface area contributed by atoms with E-state index < -0.39 is 30.2 Å². The van der Waals surface area contributed by atoms with Crippen LogP contribution in [0, 0.1) is 0 Å². The number of hydrogen-bond donors (Lipinski definition) is 1. The molecule has 0 atom stereocenters. The van der Waals surface area contributed by atoms with Gasteiger partial charge in [-0.05, 0) is 30.3 Å². The molecule has 26 heavy (non-hydrogen) atoms. The zero-order valence-corrected chi connectivity index (χ0v) is 14.4. The molecule has 1 aliphatic heterocycles. The van der Waals surface area contributed by atoms with Crippen LogP contribution in [0.5, 0.6) is 0 Å². The van der Waals surface area contributed by atoms with E-state index >= 15 is 0 Å². The van der Waals surface area contributed by atoms with Gasteiger partial charge in [-0.3, -0.25) is 19.3 Å². The summed E-state index contributed by atoms with van der Waals surface area (Å²) in [5.74, 6) is -2.40. The monoisotopic (exact) mass is 372 g/mol. The fourth-order valence-electron chi connectivity index (χ4n) is 2.62. The first-order valence-corrected chi connectivity index (χ1v) is 7.93. The molecule has 132 valence electrons. The van der Waals surface area contributed by atoms with Crippen LogP contribution in [-0.4, -0.2) is 42.2 Å². The Hall–Kier alpha value is -3.19. The Balaban J connectivity index is 1.77. The molecule has 1 aliphatic rings. The number of carbonyl (C=O) groups is 4. The zero-order valence-electron chi connectivity index (χ0n) is 13.6. The van der Waals surface area contributed by atoms with Gasteiger partial charge in [-0.15, -0.1) is 0 Å². The molecule has 3 rings (SSSR count). The second kappa shape index (κ2) is 6.97. The van der Waals surface area contributed by atoms with Gasteiger partial charge < -0.3 is 10.1 Å². The summed E-state index contributed by atoms with van der Waals surface area (Å²) in [4.78, 5) is 49.6.